The number of hydrogen-bond acceptors (Lipinski definition) is 5. The van der Waals surface area contributed by atoms with E-state index in [-0.39, 0.29) is 5.41 Å². The number of halogens is 3. The van der Waals surface area contributed by atoms with E-state index in [0.29, 0.717) is 9.71 Å². The highest BCUT2D eigenvalue weighted by Crippen LogP contribution is 2.43. The zero-order valence-electron chi connectivity index (χ0n) is 18.0. The van der Waals surface area contributed by atoms with Crippen LogP contribution >= 0.6 is 11.3 Å². The first kappa shape index (κ1) is 20.9. The summed E-state index contributed by atoms with van der Waals surface area (Å²) in [7, 11) is 0. The minimum Gasteiger partial charge on any atom is -0.361 e. The highest BCUT2D eigenvalue weighted by Gasteiger charge is 2.44. The van der Waals surface area contributed by atoms with Crippen molar-refractivity contribution >= 4 is 38.3 Å². The van der Waals surface area contributed by atoms with Gasteiger partial charge in [0, 0.05) is 48.2 Å². The molecule has 1 aromatic carbocycles. The summed E-state index contributed by atoms with van der Waals surface area (Å²) in [6.45, 7) is 4.79. The van der Waals surface area contributed by atoms with Crippen molar-refractivity contribution in [2.45, 2.75) is 32.0 Å². The van der Waals surface area contributed by atoms with Crippen molar-refractivity contribution in [2.75, 3.05) is 31.1 Å². The fourth-order valence-electron chi connectivity index (χ4n) is 5.50. The molecule has 1 spiro atoms. The molecule has 0 aliphatic carbocycles. The fourth-order valence-corrected chi connectivity index (χ4v) is 6.52. The molecule has 0 bridgehead atoms. The van der Waals surface area contributed by atoms with Crippen molar-refractivity contribution in [3.05, 3.63) is 53.3 Å². The molecule has 2 fully saturated rings. The second-order valence-electron chi connectivity index (χ2n) is 9.45. The molecule has 0 radical (unpaired) electrons. The van der Waals surface area contributed by atoms with E-state index in [1.807, 2.05) is 6.20 Å². The molecule has 5 nitrogen and oxygen atoms in total. The second-order valence-corrected chi connectivity index (χ2v) is 10.6. The Kier molecular flexibility index (Phi) is 4.88. The van der Waals surface area contributed by atoms with E-state index in [2.05, 4.69) is 49.0 Å². The van der Waals surface area contributed by atoms with Crippen molar-refractivity contribution in [3.8, 4) is 0 Å². The number of thiophene rings is 1. The lowest BCUT2D eigenvalue weighted by Gasteiger charge is -2.25. The number of nitrogens with one attached hydrogen (secondary N) is 1. The Balaban J connectivity index is 1.17. The van der Waals surface area contributed by atoms with Gasteiger partial charge in [-0.25, -0.2) is 9.97 Å². The molecule has 0 amide bonds. The summed E-state index contributed by atoms with van der Waals surface area (Å²) in [6.07, 6.45) is 0.523. The highest BCUT2D eigenvalue weighted by molar-refractivity contribution is 7.18. The molecule has 0 saturated carbocycles. The second kappa shape index (κ2) is 7.70. The molecule has 1 atom stereocenters. The molecule has 172 valence electrons. The summed E-state index contributed by atoms with van der Waals surface area (Å²) < 4.78 is 38.6. The van der Waals surface area contributed by atoms with Crippen molar-refractivity contribution in [1.82, 2.24) is 19.9 Å². The van der Waals surface area contributed by atoms with Crippen LogP contribution in [0.15, 0.2) is 42.9 Å². The monoisotopic (exact) mass is 471 g/mol. The van der Waals surface area contributed by atoms with E-state index in [1.54, 1.807) is 6.07 Å². The van der Waals surface area contributed by atoms with Crippen LogP contribution < -0.4 is 4.90 Å². The van der Waals surface area contributed by atoms with Gasteiger partial charge in [-0.15, -0.1) is 11.3 Å². The van der Waals surface area contributed by atoms with Crippen molar-refractivity contribution < 1.29 is 13.2 Å². The Morgan fingerprint density at radius 3 is 2.82 bits per heavy atom. The number of nitrogens with zero attached hydrogens (tertiary/aromatic N) is 4. The minimum atomic E-state index is -4.22. The van der Waals surface area contributed by atoms with E-state index in [4.69, 9.17) is 0 Å². The van der Waals surface area contributed by atoms with Gasteiger partial charge in [-0.2, -0.15) is 13.2 Å². The largest absolute Gasteiger partial charge is 0.393 e. The lowest BCUT2D eigenvalue weighted by molar-refractivity contribution is -0.126. The standard InChI is InChI=1S/C24H24F3N5S/c25-24(26,27)11-18-10-19-21(29-15-30-22(19)33-18)32-8-5-23(14-32)4-7-31(13-23)12-16-1-2-20-17(9-16)3-6-28-20/h1-3,6,9-10,15,28H,4-5,7-8,11-14H2. The number of anilines is 1. The van der Waals surface area contributed by atoms with E-state index < -0.39 is 12.6 Å². The highest BCUT2D eigenvalue weighted by atomic mass is 32.1. The van der Waals surface area contributed by atoms with Gasteiger partial charge >= 0.3 is 6.18 Å². The predicted octanol–water partition coefficient (Wildman–Crippen LogP) is 5.38. The number of rotatable bonds is 4. The van der Waals surface area contributed by atoms with Gasteiger partial charge in [0.1, 0.15) is 17.0 Å². The molecule has 5 heterocycles. The first-order chi connectivity index (χ1) is 15.9. The summed E-state index contributed by atoms with van der Waals surface area (Å²) >= 11 is 1.12. The van der Waals surface area contributed by atoms with E-state index >= 15 is 0 Å². The molecule has 2 aliphatic heterocycles. The zero-order valence-corrected chi connectivity index (χ0v) is 18.8. The molecule has 2 aliphatic rings. The van der Waals surface area contributed by atoms with E-state index in [9.17, 15) is 13.2 Å². The van der Waals surface area contributed by atoms with Crippen LogP contribution in [0.4, 0.5) is 19.0 Å². The maximum atomic E-state index is 12.9. The van der Waals surface area contributed by atoms with Gasteiger partial charge in [-0.1, -0.05) is 6.07 Å². The van der Waals surface area contributed by atoms with Crippen LogP contribution in [0.25, 0.3) is 21.1 Å². The van der Waals surface area contributed by atoms with Crippen LogP contribution in [0.1, 0.15) is 23.3 Å². The Morgan fingerprint density at radius 2 is 1.94 bits per heavy atom. The van der Waals surface area contributed by atoms with Gasteiger partial charge in [0.25, 0.3) is 0 Å². The quantitative estimate of drug-likeness (QED) is 0.434. The maximum Gasteiger partial charge on any atom is 0.393 e. The average molecular weight is 472 g/mol. The number of alkyl halides is 3. The van der Waals surface area contributed by atoms with Crippen molar-refractivity contribution in [1.29, 1.82) is 0 Å². The summed E-state index contributed by atoms with van der Waals surface area (Å²) in [5, 5.41) is 1.98. The summed E-state index contributed by atoms with van der Waals surface area (Å²) in [5.41, 5.74) is 2.69. The Labute approximate surface area is 193 Å². The van der Waals surface area contributed by atoms with Crippen LogP contribution in [0.3, 0.4) is 0 Å². The Morgan fingerprint density at radius 1 is 1.06 bits per heavy atom. The van der Waals surface area contributed by atoms with Crippen LogP contribution in [-0.2, 0) is 13.0 Å². The summed E-state index contributed by atoms with van der Waals surface area (Å²) in [5.74, 6) is 0.776. The number of fused-ring (bicyclic) bond motifs is 2. The number of aromatic amines is 1. The summed E-state index contributed by atoms with van der Waals surface area (Å²) in [6, 6.07) is 10.3. The van der Waals surface area contributed by atoms with Crippen LogP contribution in [-0.4, -0.2) is 52.2 Å². The fraction of sp³-hybridized carbons (Fsp3) is 0.417. The number of benzene rings is 1. The molecule has 9 heteroatoms. The topological polar surface area (TPSA) is 48.0 Å². The third kappa shape index (κ3) is 4.08. The van der Waals surface area contributed by atoms with Gasteiger partial charge in [0.05, 0.1) is 11.8 Å². The first-order valence-corrected chi connectivity index (χ1v) is 12.0. The van der Waals surface area contributed by atoms with Gasteiger partial charge in [0.2, 0.25) is 0 Å². The number of likely N-dealkylation sites (tertiary alicyclic amines) is 1. The van der Waals surface area contributed by atoms with E-state index in [0.717, 1.165) is 73.6 Å². The summed E-state index contributed by atoms with van der Waals surface area (Å²) in [4.78, 5) is 17.7. The number of hydrogen-bond donors (Lipinski definition) is 1. The third-order valence-electron chi connectivity index (χ3n) is 7.01. The molecule has 33 heavy (non-hydrogen) atoms. The van der Waals surface area contributed by atoms with Gasteiger partial charge in [-0.05, 0) is 54.6 Å². The van der Waals surface area contributed by atoms with Crippen LogP contribution in [0.5, 0.6) is 0 Å². The SMILES string of the molecule is FC(F)(F)Cc1cc2c(N3CCC4(CCN(Cc5ccc6[nH]ccc6c5)C4)C3)ncnc2s1. The van der Waals surface area contributed by atoms with Gasteiger partial charge in [-0.3, -0.25) is 4.90 Å². The lowest BCUT2D eigenvalue weighted by Crippen LogP contribution is -2.31. The molecular weight excluding hydrogens is 447 g/mol. The average Bonchev–Trinajstić information content (AvgIpc) is 3.53. The number of H-pyrrole nitrogens is 1. The smallest absolute Gasteiger partial charge is 0.361 e. The molecule has 1 unspecified atom stereocenters. The number of aromatic nitrogens is 3. The van der Waals surface area contributed by atoms with Crippen LogP contribution in [0, 0.1) is 5.41 Å². The Bertz CT molecular complexity index is 1310. The lowest BCUT2D eigenvalue weighted by atomic mass is 9.86. The third-order valence-corrected chi connectivity index (χ3v) is 8.06. The van der Waals surface area contributed by atoms with Crippen LogP contribution in [0.2, 0.25) is 0 Å². The zero-order chi connectivity index (χ0) is 22.6. The molecule has 4 aromatic rings. The van der Waals surface area contributed by atoms with E-state index in [1.165, 1.54) is 17.3 Å². The minimum absolute atomic E-state index is 0.209. The van der Waals surface area contributed by atoms with Gasteiger partial charge < -0.3 is 9.88 Å². The first-order valence-electron chi connectivity index (χ1n) is 11.2. The molecule has 6 rings (SSSR count). The van der Waals surface area contributed by atoms with Crippen molar-refractivity contribution in [2.24, 2.45) is 5.41 Å². The van der Waals surface area contributed by atoms with Crippen molar-refractivity contribution in [3.63, 3.8) is 0 Å². The Hall–Kier alpha value is -2.65. The molecular formula is C24H24F3N5S. The molecule has 1 N–H and O–H groups in total. The predicted molar refractivity (Wildman–Crippen MR) is 125 cm³/mol. The van der Waals surface area contributed by atoms with Gasteiger partial charge in [0.15, 0.2) is 0 Å². The maximum absolute atomic E-state index is 12.9. The molecule has 3 aromatic heterocycles. The normalized spacial score (nSPS) is 21.8. The molecule has 2 saturated heterocycles.